The third kappa shape index (κ3) is 0.666. The van der Waals surface area contributed by atoms with Crippen molar-refractivity contribution in [1.82, 2.24) is 10.2 Å². The van der Waals surface area contributed by atoms with Gasteiger partial charge in [-0.15, -0.1) is 10.2 Å². The maximum Gasteiger partial charge on any atom is 0.207 e. The summed E-state index contributed by atoms with van der Waals surface area (Å²) in [5.41, 5.74) is 1.59. The quantitative estimate of drug-likeness (QED) is 0.514. The number of halogens is 1. The van der Waals surface area contributed by atoms with Gasteiger partial charge in [0, 0.05) is 0 Å². The molecule has 0 radical (unpaired) electrons. The number of nitrogens with zero attached hydrogens (tertiary/aromatic N) is 2. The SMILES string of the molecule is Clc1nncs1. The second kappa shape index (κ2) is 1.53. The van der Waals surface area contributed by atoms with Crippen LogP contribution >= 0.6 is 22.9 Å². The fraction of sp³-hybridized carbons (Fsp3) is 0. The van der Waals surface area contributed by atoms with Crippen molar-refractivity contribution in [2.45, 2.75) is 0 Å². The van der Waals surface area contributed by atoms with Crippen LogP contribution < -0.4 is 0 Å². The number of rotatable bonds is 0. The van der Waals surface area contributed by atoms with Crippen molar-refractivity contribution < 1.29 is 0 Å². The summed E-state index contributed by atoms with van der Waals surface area (Å²) in [5, 5.41) is 6.91. The molecular formula is C2HClN2S. The van der Waals surface area contributed by atoms with Crippen LogP contribution in [0, 0.1) is 0 Å². The molecule has 1 rings (SSSR count). The maximum atomic E-state index is 5.30. The van der Waals surface area contributed by atoms with E-state index in [9.17, 15) is 0 Å². The van der Waals surface area contributed by atoms with Crippen LogP contribution in [0.4, 0.5) is 0 Å². The molecule has 0 saturated carbocycles. The summed E-state index contributed by atoms with van der Waals surface area (Å²) < 4.78 is 0.495. The van der Waals surface area contributed by atoms with Crippen LogP contribution in [0.25, 0.3) is 0 Å². The molecule has 0 atom stereocenters. The summed E-state index contributed by atoms with van der Waals surface area (Å²) in [6.07, 6.45) is 0. The Morgan fingerprint density at radius 2 is 2.67 bits per heavy atom. The molecule has 2 nitrogen and oxygen atoms in total. The molecule has 0 unspecified atom stereocenters. The van der Waals surface area contributed by atoms with E-state index in [2.05, 4.69) is 10.2 Å². The average molecular weight is 121 g/mol. The summed E-state index contributed by atoms with van der Waals surface area (Å²) >= 11 is 6.62. The van der Waals surface area contributed by atoms with Gasteiger partial charge in [-0.05, 0) is 11.6 Å². The van der Waals surface area contributed by atoms with Gasteiger partial charge in [-0.2, -0.15) is 0 Å². The Morgan fingerprint density at radius 3 is 2.83 bits per heavy atom. The minimum atomic E-state index is 0.495. The van der Waals surface area contributed by atoms with E-state index in [-0.39, 0.29) is 0 Å². The highest BCUT2D eigenvalue weighted by atomic mass is 35.5. The van der Waals surface area contributed by atoms with Crippen molar-refractivity contribution in [2.75, 3.05) is 0 Å². The fourth-order valence-corrected chi connectivity index (χ4v) is 0.598. The Bertz CT molecular complexity index is 115. The lowest BCUT2D eigenvalue weighted by molar-refractivity contribution is 1.09. The minimum absolute atomic E-state index is 0.495. The van der Waals surface area contributed by atoms with E-state index in [0.29, 0.717) is 4.47 Å². The second-order valence-corrected chi connectivity index (χ2v) is 2.11. The van der Waals surface area contributed by atoms with Gasteiger partial charge in [0.25, 0.3) is 0 Å². The summed E-state index contributed by atoms with van der Waals surface area (Å²) in [7, 11) is 0. The molecule has 0 N–H and O–H groups in total. The molecule has 1 heterocycles. The Labute approximate surface area is 43.8 Å². The highest BCUT2D eigenvalue weighted by Crippen LogP contribution is 2.06. The zero-order valence-electron chi connectivity index (χ0n) is 2.76. The van der Waals surface area contributed by atoms with Crippen molar-refractivity contribution in [2.24, 2.45) is 0 Å². The molecule has 1 aromatic heterocycles. The Kier molecular flexibility index (Phi) is 1.03. The molecule has 0 amide bonds. The fourth-order valence-electron chi connectivity index (χ4n) is 0.160. The smallest absolute Gasteiger partial charge is 0.146 e. The molecule has 0 aliphatic heterocycles. The summed E-state index contributed by atoms with van der Waals surface area (Å²) in [6, 6.07) is 0. The summed E-state index contributed by atoms with van der Waals surface area (Å²) in [4.78, 5) is 0. The lowest BCUT2D eigenvalue weighted by atomic mass is 11.6. The van der Waals surface area contributed by atoms with Gasteiger partial charge in [0.1, 0.15) is 5.51 Å². The molecule has 0 bridgehead atoms. The molecule has 0 aromatic carbocycles. The van der Waals surface area contributed by atoms with Gasteiger partial charge in [0.05, 0.1) is 0 Å². The first-order chi connectivity index (χ1) is 2.89. The van der Waals surface area contributed by atoms with Crippen LogP contribution in [0.3, 0.4) is 0 Å². The third-order valence-corrected chi connectivity index (χ3v) is 1.15. The van der Waals surface area contributed by atoms with E-state index in [0.717, 1.165) is 0 Å². The highest BCUT2D eigenvalue weighted by molar-refractivity contribution is 7.13. The molecule has 4 heteroatoms. The van der Waals surface area contributed by atoms with Gasteiger partial charge in [0.15, 0.2) is 0 Å². The number of aromatic nitrogens is 2. The normalized spacial score (nSPS) is 8.83. The zero-order chi connectivity index (χ0) is 4.41. The first-order valence-electron chi connectivity index (χ1n) is 1.31. The van der Waals surface area contributed by atoms with Crippen LogP contribution in [0.2, 0.25) is 4.47 Å². The van der Waals surface area contributed by atoms with Gasteiger partial charge >= 0.3 is 0 Å². The Hall–Kier alpha value is -0.150. The lowest BCUT2D eigenvalue weighted by Gasteiger charge is -1.58. The van der Waals surface area contributed by atoms with Crippen LogP contribution in [0.1, 0.15) is 0 Å². The van der Waals surface area contributed by atoms with Crippen LogP contribution in [-0.4, -0.2) is 10.2 Å². The van der Waals surface area contributed by atoms with E-state index >= 15 is 0 Å². The topological polar surface area (TPSA) is 25.8 Å². The lowest BCUT2D eigenvalue weighted by Crippen LogP contribution is -1.58. The molecule has 0 aliphatic carbocycles. The third-order valence-electron chi connectivity index (χ3n) is 0.333. The van der Waals surface area contributed by atoms with Crippen molar-refractivity contribution >= 4 is 22.9 Å². The van der Waals surface area contributed by atoms with E-state index < -0.39 is 0 Å². The standard InChI is InChI=1S/C2HClN2S/c3-2-5-4-1-6-2/h1H. The minimum Gasteiger partial charge on any atom is -0.146 e. The van der Waals surface area contributed by atoms with E-state index in [4.69, 9.17) is 11.6 Å². The molecular weight excluding hydrogens is 120 g/mol. The first-order valence-corrected chi connectivity index (χ1v) is 2.57. The maximum absolute atomic E-state index is 5.30. The molecule has 32 valence electrons. The van der Waals surface area contributed by atoms with Crippen molar-refractivity contribution in [3.63, 3.8) is 0 Å². The van der Waals surface area contributed by atoms with Gasteiger partial charge in [-0.1, -0.05) is 11.3 Å². The van der Waals surface area contributed by atoms with Crippen molar-refractivity contribution in [1.29, 1.82) is 0 Å². The van der Waals surface area contributed by atoms with Gasteiger partial charge < -0.3 is 0 Å². The number of hydrogen-bond acceptors (Lipinski definition) is 3. The first kappa shape index (κ1) is 4.02. The zero-order valence-corrected chi connectivity index (χ0v) is 4.33. The largest absolute Gasteiger partial charge is 0.207 e. The molecule has 0 aliphatic rings. The molecule has 1 aromatic rings. The molecule has 0 spiro atoms. The van der Waals surface area contributed by atoms with Crippen molar-refractivity contribution in [3.8, 4) is 0 Å². The highest BCUT2D eigenvalue weighted by Gasteiger charge is 1.81. The molecule has 0 saturated heterocycles. The summed E-state index contributed by atoms with van der Waals surface area (Å²) in [6.45, 7) is 0. The van der Waals surface area contributed by atoms with Crippen molar-refractivity contribution in [3.05, 3.63) is 9.98 Å². The van der Waals surface area contributed by atoms with E-state index in [1.165, 1.54) is 11.3 Å². The van der Waals surface area contributed by atoms with Gasteiger partial charge in [-0.3, -0.25) is 0 Å². The van der Waals surface area contributed by atoms with Gasteiger partial charge in [-0.25, -0.2) is 0 Å². The Morgan fingerprint density at radius 1 is 1.83 bits per heavy atom. The van der Waals surface area contributed by atoms with Crippen LogP contribution in [-0.2, 0) is 0 Å². The molecule has 0 fully saturated rings. The van der Waals surface area contributed by atoms with Crippen LogP contribution in [0.15, 0.2) is 5.51 Å². The van der Waals surface area contributed by atoms with Gasteiger partial charge in [0.2, 0.25) is 4.47 Å². The summed E-state index contributed by atoms with van der Waals surface area (Å²) in [5.74, 6) is 0. The van der Waals surface area contributed by atoms with E-state index in [1.54, 1.807) is 5.51 Å². The van der Waals surface area contributed by atoms with E-state index in [1.807, 2.05) is 0 Å². The molecule has 6 heavy (non-hydrogen) atoms. The predicted octanol–water partition coefficient (Wildman–Crippen LogP) is 1.19. The monoisotopic (exact) mass is 120 g/mol. The number of hydrogen-bond donors (Lipinski definition) is 0. The van der Waals surface area contributed by atoms with Crippen LogP contribution in [0.5, 0.6) is 0 Å². The second-order valence-electron chi connectivity index (χ2n) is 0.692. The predicted molar refractivity (Wildman–Crippen MR) is 24.9 cm³/mol. The average Bonchev–Trinajstić information content (AvgIpc) is 1.86. The Balaban J connectivity index is 3.05.